The zero-order valence-corrected chi connectivity index (χ0v) is 27.2. The van der Waals surface area contributed by atoms with Gasteiger partial charge in [0.1, 0.15) is 21.2 Å². The van der Waals surface area contributed by atoms with Crippen molar-refractivity contribution in [3.05, 3.63) is 83.6 Å². The summed E-state index contributed by atoms with van der Waals surface area (Å²) in [6.07, 6.45) is 10.1. The number of aromatic nitrogens is 5. The van der Waals surface area contributed by atoms with Gasteiger partial charge in [-0.15, -0.1) is 10.2 Å². The largest absolute Gasteiger partial charge is 0.508 e. The van der Waals surface area contributed by atoms with E-state index in [4.69, 9.17) is 10.1 Å². The Labute approximate surface area is 261 Å². The molecule has 0 saturated carbocycles. The number of phenols is 1. The van der Waals surface area contributed by atoms with Gasteiger partial charge in [-0.1, -0.05) is 88.9 Å². The van der Waals surface area contributed by atoms with Crippen molar-refractivity contribution >= 4 is 39.2 Å². The summed E-state index contributed by atoms with van der Waals surface area (Å²) in [6, 6.07) is 11.5. The lowest BCUT2D eigenvalue weighted by atomic mass is 9.98. The Balaban J connectivity index is 1.62. The minimum atomic E-state index is -0.325. The van der Waals surface area contributed by atoms with E-state index in [1.165, 1.54) is 11.3 Å². The molecule has 226 valence electrons. The number of nitrogens with zero attached hydrogens (tertiary/aromatic N) is 9. The molecule has 12 heteroatoms. The van der Waals surface area contributed by atoms with E-state index in [1.807, 2.05) is 48.0 Å². The second-order valence-corrected chi connectivity index (χ2v) is 14.5. The Morgan fingerprint density at radius 1 is 1.00 bits per heavy atom. The Morgan fingerprint density at radius 3 is 2.47 bits per heavy atom. The molecule has 3 aromatic heterocycles. The van der Waals surface area contributed by atoms with Gasteiger partial charge in [0.2, 0.25) is 11.1 Å². The highest BCUT2D eigenvalue weighted by molar-refractivity contribution is 8.14. The molecule has 1 N–H and O–H groups in total. The smallest absolute Gasteiger partial charge is 0.234 e. The van der Waals surface area contributed by atoms with E-state index in [0.717, 1.165) is 34.1 Å². The number of hydrogen-bond donors (Lipinski definition) is 1. The van der Waals surface area contributed by atoms with Gasteiger partial charge in [-0.05, 0) is 24.1 Å². The monoisotopic (exact) mass is 617 g/mol. The Hall–Kier alpha value is -3.77. The second-order valence-electron chi connectivity index (χ2n) is 12.5. The summed E-state index contributed by atoms with van der Waals surface area (Å²) in [6.45, 7) is 14.9. The molecule has 0 saturated heterocycles. The van der Waals surface area contributed by atoms with E-state index in [1.54, 1.807) is 30.2 Å². The zero-order chi connectivity index (χ0) is 30.6. The van der Waals surface area contributed by atoms with Gasteiger partial charge in [-0.2, -0.15) is 10.1 Å². The number of pyridine rings is 1. The summed E-state index contributed by atoms with van der Waals surface area (Å²) in [5, 5.41) is 29.2. The van der Waals surface area contributed by atoms with Crippen molar-refractivity contribution in [3.63, 3.8) is 0 Å². The van der Waals surface area contributed by atoms with Crippen LogP contribution in [0.25, 0.3) is 0 Å². The first-order chi connectivity index (χ1) is 20.5. The van der Waals surface area contributed by atoms with Crippen molar-refractivity contribution in [1.29, 1.82) is 0 Å². The van der Waals surface area contributed by atoms with Crippen LogP contribution in [-0.2, 0) is 18.5 Å². The van der Waals surface area contributed by atoms with Gasteiger partial charge in [0.15, 0.2) is 0 Å². The molecule has 5 rings (SSSR count). The number of thioether (sulfide) groups is 1. The molecule has 0 radical (unpaired) electrons. The number of aromatic hydroxyl groups is 1. The van der Waals surface area contributed by atoms with Crippen LogP contribution in [0.2, 0.25) is 0 Å². The molecule has 0 fully saturated rings. The van der Waals surface area contributed by atoms with Crippen molar-refractivity contribution < 1.29 is 5.11 Å². The third kappa shape index (κ3) is 7.61. The van der Waals surface area contributed by atoms with E-state index in [-0.39, 0.29) is 22.0 Å². The molecule has 1 unspecified atom stereocenters. The average molecular weight is 618 g/mol. The predicted molar refractivity (Wildman–Crippen MR) is 174 cm³/mol. The summed E-state index contributed by atoms with van der Waals surface area (Å²) in [4.78, 5) is 16.0. The first-order valence-corrected chi connectivity index (χ1v) is 16.0. The number of imidazole rings is 1. The molecule has 43 heavy (non-hydrogen) atoms. The van der Waals surface area contributed by atoms with Gasteiger partial charge in [0.05, 0.1) is 6.33 Å². The lowest BCUT2D eigenvalue weighted by Crippen LogP contribution is -2.42. The molecule has 1 aliphatic heterocycles. The molecule has 0 aliphatic carbocycles. The number of rotatable bonds is 8. The summed E-state index contributed by atoms with van der Waals surface area (Å²) in [5.41, 5.74) is 1.47. The highest BCUT2D eigenvalue weighted by Crippen LogP contribution is 2.47. The SMILES string of the molecule is CC(C)(C)C1=NN(/C(=N/c2nnc(C(C)(C)C)s2)N(CCCn2ccnc2)Cc2cccnc2)C(c2ccccc2O)S1. The fourth-order valence-electron chi connectivity index (χ4n) is 4.44. The van der Waals surface area contributed by atoms with Crippen molar-refractivity contribution in [2.45, 2.75) is 71.8 Å². The second kappa shape index (κ2) is 12.8. The molecule has 1 aromatic carbocycles. The quantitative estimate of drug-likeness (QED) is 0.170. The number of guanidine groups is 1. The Bertz CT molecular complexity index is 1550. The van der Waals surface area contributed by atoms with E-state index in [9.17, 15) is 5.11 Å². The molecule has 10 nitrogen and oxygen atoms in total. The van der Waals surface area contributed by atoms with Gasteiger partial charge in [0.25, 0.3) is 0 Å². The number of para-hydroxylation sites is 1. The van der Waals surface area contributed by atoms with Crippen LogP contribution in [0.15, 0.2) is 77.6 Å². The molecule has 0 spiro atoms. The molecule has 1 aliphatic rings. The van der Waals surface area contributed by atoms with Crippen LogP contribution in [0.4, 0.5) is 5.13 Å². The minimum Gasteiger partial charge on any atom is -0.508 e. The molecule has 4 heterocycles. The van der Waals surface area contributed by atoms with Gasteiger partial charge in [-0.25, -0.2) is 9.99 Å². The van der Waals surface area contributed by atoms with Crippen LogP contribution in [0.3, 0.4) is 0 Å². The normalized spacial score (nSPS) is 16.0. The number of hydrogen-bond acceptors (Lipinski definition) is 9. The third-order valence-corrected chi connectivity index (χ3v) is 9.56. The van der Waals surface area contributed by atoms with E-state index >= 15 is 0 Å². The maximum absolute atomic E-state index is 11.0. The number of hydrazone groups is 1. The van der Waals surface area contributed by atoms with Gasteiger partial charge in [0, 0.05) is 60.8 Å². The summed E-state index contributed by atoms with van der Waals surface area (Å²) < 4.78 is 2.08. The third-order valence-electron chi connectivity index (χ3n) is 6.73. The molecular weight excluding hydrogens is 579 g/mol. The highest BCUT2D eigenvalue weighted by Gasteiger charge is 2.40. The number of aliphatic imine (C=N–C) groups is 1. The fourth-order valence-corrected chi connectivity index (χ4v) is 6.48. The van der Waals surface area contributed by atoms with Crippen LogP contribution >= 0.6 is 23.1 Å². The van der Waals surface area contributed by atoms with Gasteiger partial charge < -0.3 is 14.6 Å². The Morgan fingerprint density at radius 2 is 1.81 bits per heavy atom. The first-order valence-electron chi connectivity index (χ1n) is 14.3. The first kappa shape index (κ1) is 30.7. The molecule has 4 aromatic rings. The summed E-state index contributed by atoms with van der Waals surface area (Å²) in [7, 11) is 0. The molecular formula is C31H39N9OS2. The van der Waals surface area contributed by atoms with Crippen molar-refractivity contribution in [2.24, 2.45) is 15.5 Å². The van der Waals surface area contributed by atoms with Crippen molar-refractivity contribution in [3.8, 4) is 5.75 Å². The topological polar surface area (TPSA) is 108 Å². The minimum absolute atomic E-state index is 0.148. The highest BCUT2D eigenvalue weighted by atomic mass is 32.2. The molecule has 0 bridgehead atoms. The number of aryl methyl sites for hydroxylation is 1. The fraction of sp³-hybridized carbons (Fsp3) is 0.419. The van der Waals surface area contributed by atoms with Crippen LogP contribution < -0.4 is 0 Å². The van der Waals surface area contributed by atoms with Gasteiger partial charge in [-0.3, -0.25) is 4.98 Å². The number of phenolic OH excluding ortho intramolecular Hbond substituents is 1. The molecule has 1 atom stereocenters. The predicted octanol–water partition coefficient (Wildman–Crippen LogP) is 6.82. The maximum atomic E-state index is 11.0. The van der Waals surface area contributed by atoms with E-state index < -0.39 is 0 Å². The summed E-state index contributed by atoms with van der Waals surface area (Å²) in [5.74, 6) is 0.866. The Kier molecular flexibility index (Phi) is 9.16. The summed E-state index contributed by atoms with van der Waals surface area (Å²) >= 11 is 3.12. The van der Waals surface area contributed by atoms with Crippen molar-refractivity contribution in [1.82, 2.24) is 34.6 Å². The van der Waals surface area contributed by atoms with Crippen LogP contribution in [0, 0.1) is 5.41 Å². The van der Waals surface area contributed by atoms with Crippen molar-refractivity contribution in [2.75, 3.05) is 6.54 Å². The molecule has 0 amide bonds. The van der Waals surface area contributed by atoms with Gasteiger partial charge >= 0.3 is 0 Å². The van der Waals surface area contributed by atoms with Crippen LogP contribution in [0.5, 0.6) is 5.75 Å². The van der Waals surface area contributed by atoms with Crippen LogP contribution in [-0.4, -0.2) is 57.3 Å². The average Bonchev–Trinajstić information content (AvgIpc) is 3.73. The zero-order valence-electron chi connectivity index (χ0n) is 25.5. The lowest BCUT2D eigenvalue weighted by Gasteiger charge is -2.33. The van der Waals surface area contributed by atoms with E-state index in [0.29, 0.717) is 24.2 Å². The standard InChI is InChI=1S/C31H39N9OS2/c1-30(2,3)26-35-36-28(43-26)34-29(39(20-22-11-9-14-32-19-22)17-10-16-38-18-15-33-21-38)40-25(23-12-7-8-13-24(23)41)42-27(37-40)31(4,5)6/h7-9,11-15,18-19,21,25,41H,10,16-17,20H2,1-6H3/b34-29+. The maximum Gasteiger partial charge on any atom is 0.234 e. The lowest BCUT2D eigenvalue weighted by molar-refractivity contribution is 0.302. The van der Waals surface area contributed by atoms with E-state index in [2.05, 4.69) is 77.2 Å². The van der Waals surface area contributed by atoms with Crippen LogP contribution in [0.1, 0.15) is 69.5 Å². The number of benzene rings is 1.